The second kappa shape index (κ2) is 7.28. The Labute approximate surface area is 124 Å². The van der Waals surface area contributed by atoms with Crippen molar-refractivity contribution in [2.24, 2.45) is 16.8 Å². The molecule has 1 fully saturated rings. The first-order valence-electron chi connectivity index (χ1n) is 7.11. The second-order valence-electron chi connectivity index (χ2n) is 5.31. The minimum Gasteiger partial charge on any atom is -0.496 e. The molecule has 2 atom stereocenters. The van der Waals surface area contributed by atoms with Gasteiger partial charge in [-0.15, -0.1) is 0 Å². The van der Waals surface area contributed by atoms with Gasteiger partial charge < -0.3 is 25.7 Å². The fourth-order valence-corrected chi connectivity index (χ4v) is 2.50. The fourth-order valence-electron chi connectivity index (χ4n) is 2.50. The van der Waals surface area contributed by atoms with Gasteiger partial charge in [0.2, 0.25) is 0 Å². The van der Waals surface area contributed by atoms with Gasteiger partial charge in [-0.2, -0.15) is 0 Å². The number of rotatable bonds is 6. The highest BCUT2D eigenvalue weighted by molar-refractivity contribution is 5.99. The van der Waals surface area contributed by atoms with Crippen molar-refractivity contribution in [3.05, 3.63) is 29.3 Å². The fraction of sp³-hybridized carbons (Fsp3) is 0.533. The van der Waals surface area contributed by atoms with Gasteiger partial charge in [0.05, 0.1) is 19.3 Å². The number of hydrogen-bond donors (Lipinski definition) is 3. The maximum Gasteiger partial charge on any atom is 0.173 e. The molecule has 0 radical (unpaired) electrons. The third kappa shape index (κ3) is 3.86. The minimum atomic E-state index is 0.0443. The van der Waals surface area contributed by atoms with E-state index in [1.54, 1.807) is 13.2 Å². The van der Waals surface area contributed by atoms with E-state index in [0.29, 0.717) is 23.3 Å². The lowest BCUT2D eigenvalue weighted by Gasteiger charge is -2.19. The van der Waals surface area contributed by atoms with Crippen LogP contribution in [0.1, 0.15) is 24.5 Å². The molecule has 4 N–H and O–H groups in total. The standard InChI is InChI=1S/C15H23N3O3/c1-10(12-5-6-21-9-12)17-8-11-3-4-13(15(16)18-19)14(7-11)20-2/h3-4,7,10,12,17,19H,5-6,8-9H2,1-2H3,(H2,16,18). The predicted octanol–water partition coefficient (Wildman–Crippen LogP) is 1.30. The first-order chi connectivity index (χ1) is 10.2. The summed E-state index contributed by atoms with van der Waals surface area (Å²) in [6, 6.07) is 6.05. The maximum absolute atomic E-state index is 8.76. The molecule has 6 nitrogen and oxygen atoms in total. The molecule has 6 heteroatoms. The summed E-state index contributed by atoms with van der Waals surface area (Å²) in [5.41, 5.74) is 7.29. The summed E-state index contributed by atoms with van der Waals surface area (Å²) in [5.74, 6) is 1.22. The molecule has 21 heavy (non-hydrogen) atoms. The van der Waals surface area contributed by atoms with Crippen molar-refractivity contribution in [3.8, 4) is 5.75 Å². The van der Waals surface area contributed by atoms with E-state index in [9.17, 15) is 0 Å². The van der Waals surface area contributed by atoms with Crippen LogP contribution in [0.15, 0.2) is 23.4 Å². The lowest BCUT2D eigenvalue weighted by molar-refractivity contribution is 0.178. The van der Waals surface area contributed by atoms with Crippen LogP contribution in [0.3, 0.4) is 0 Å². The number of methoxy groups -OCH3 is 1. The molecular weight excluding hydrogens is 270 g/mol. The van der Waals surface area contributed by atoms with Crippen molar-refractivity contribution in [1.82, 2.24) is 5.32 Å². The van der Waals surface area contributed by atoms with Gasteiger partial charge in [-0.1, -0.05) is 11.2 Å². The molecule has 0 amide bonds. The van der Waals surface area contributed by atoms with E-state index >= 15 is 0 Å². The minimum absolute atomic E-state index is 0.0443. The summed E-state index contributed by atoms with van der Waals surface area (Å²) >= 11 is 0. The van der Waals surface area contributed by atoms with E-state index < -0.39 is 0 Å². The van der Waals surface area contributed by atoms with Gasteiger partial charge in [-0.05, 0) is 37.0 Å². The lowest BCUT2D eigenvalue weighted by Crippen LogP contribution is -2.33. The van der Waals surface area contributed by atoms with Gasteiger partial charge in [0.1, 0.15) is 5.75 Å². The van der Waals surface area contributed by atoms with Crippen LogP contribution in [0.25, 0.3) is 0 Å². The molecule has 1 aromatic rings. The topological polar surface area (TPSA) is 89.1 Å². The molecule has 1 aliphatic rings. The van der Waals surface area contributed by atoms with Crippen LogP contribution in [0.5, 0.6) is 5.75 Å². The second-order valence-corrected chi connectivity index (χ2v) is 5.31. The molecule has 1 saturated heterocycles. The van der Waals surface area contributed by atoms with Crippen molar-refractivity contribution < 1.29 is 14.7 Å². The van der Waals surface area contributed by atoms with Crippen LogP contribution in [0.4, 0.5) is 0 Å². The normalized spacial score (nSPS) is 20.5. The molecule has 1 aliphatic heterocycles. The molecule has 0 spiro atoms. The molecule has 0 saturated carbocycles. The van der Waals surface area contributed by atoms with Crippen LogP contribution >= 0.6 is 0 Å². The highest BCUT2D eigenvalue weighted by Gasteiger charge is 2.21. The summed E-state index contributed by atoms with van der Waals surface area (Å²) in [4.78, 5) is 0. The summed E-state index contributed by atoms with van der Waals surface area (Å²) < 4.78 is 10.7. The van der Waals surface area contributed by atoms with E-state index in [4.69, 9.17) is 20.4 Å². The SMILES string of the molecule is COc1cc(CNC(C)C2CCOC2)ccc1/C(N)=N/O. The van der Waals surface area contributed by atoms with Crippen molar-refractivity contribution >= 4 is 5.84 Å². The highest BCUT2D eigenvalue weighted by Crippen LogP contribution is 2.21. The Kier molecular flexibility index (Phi) is 5.41. The Morgan fingerprint density at radius 3 is 3.05 bits per heavy atom. The quantitative estimate of drug-likeness (QED) is 0.318. The van der Waals surface area contributed by atoms with Crippen molar-refractivity contribution in [1.29, 1.82) is 0 Å². The number of hydrogen-bond acceptors (Lipinski definition) is 5. The molecule has 1 heterocycles. The van der Waals surface area contributed by atoms with Crippen molar-refractivity contribution in [2.45, 2.75) is 25.9 Å². The Balaban J connectivity index is 2.00. The number of nitrogens with zero attached hydrogens (tertiary/aromatic N) is 1. The summed E-state index contributed by atoms with van der Waals surface area (Å²) in [5, 5.41) is 15.3. The first kappa shape index (κ1) is 15.6. The Morgan fingerprint density at radius 2 is 2.43 bits per heavy atom. The van der Waals surface area contributed by atoms with Gasteiger partial charge in [0, 0.05) is 19.2 Å². The summed E-state index contributed by atoms with van der Waals surface area (Å²) in [7, 11) is 1.57. The number of benzene rings is 1. The monoisotopic (exact) mass is 293 g/mol. The average Bonchev–Trinajstić information content (AvgIpc) is 3.06. The summed E-state index contributed by atoms with van der Waals surface area (Å²) in [6.45, 7) is 4.62. The lowest BCUT2D eigenvalue weighted by atomic mass is 10.0. The van der Waals surface area contributed by atoms with Crippen LogP contribution in [0.2, 0.25) is 0 Å². The van der Waals surface area contributed by atoms with Gasteiger partial charge in [0.15, 0.2) is 5.84 Å². The van der Waals surface area contributed by atoms with Crippen molar-refractivity contribution in [2.75, 3.05) is 20.3 Å². The summed E-state index contributed by atoms with van der Waals surface area (Å²) in [6.07, 6.45) is 1.11. The van der Waals surface area contributed by atoms with E-state index in [1.807, 2.05) is 12.1 Å². The number of nitrogens with two attached hydrogens (primary N) is 1. The maximum atomic E-state index is 8.76. The Morgan fingerprint density at radius 1 is 1.62 bits per heavy atom. The number of nitrogens with one attached hydrogen (secondary N) is 1. The van der Waals surface area contributed by atoms with Gasteiger partial charge in [-0.25, -0.2) is 0 Å². The molecule has 1 aromatic carbocycles. The first-order valence-corrected chi connectivity index (χ1v) is 7.11. The molecule has 116 valence electrons. The Bertz CT molecular complexity index is 499. The van der Waals surface area contributed by atoms with Crippen LogP contribution < -0.4 is 15.8 Å². The van der Waals surface area contributed by atoms with Gasteiger partial charge in [-0.3, -0.25) is 0 Å². The molecular formula is C15H23N3O3. The zero-order valence-electron chi connectivity index (χ0n) is 12.5. The predicted molar refractivity (Wildman–Crippen MR) is 80.7 cm³/mol. The van der Waals surface area contributed by atoms with E-state index in [0.717, 1.165) is 31.7 Å². The zero-order chi connectivity index (χ0) is 15.2. The van der Waals surface area contributed by atoms with Gasteiger partial charge in [0.25, 0.3) is 0 Å². The van der Waals surface area contributed by atoms with Crippen LogP contribution in [-0.2, 0) is 11.3 Å². The molecule has 0 aromatic heterocycles. The van der Waals surface area contributed by atoms with Crippen molar-refractivity contribution in [3.63, 3.8) is 0 Å². The van der Waals surface area contributed by atoms with Crippen LogP contribution in [-0.4, -0.2) is 37.4 Å². The zero-order valence-corrected chi connectivity index (χ0v) is 12.5. The number of ether oxygens (including phenoxy) is 2. The average molecular weight is 293 g/mol. The third-order valence-electron chi connectivity index (χ3n) is 3.95. The van der Waals surface area contributed by atoms with Crippen LogP contribution in [0, 0.1) is 5.92 Å². The van der Waals surface area contributed by atoms with E-state index in [-0.39, 0.29) is 5.84 Å². The Hall–Kier alpha value is -1.79. The largest absolute Gasteiger partial charge is 0.496 e. The molecule has 2 rings (SSSR count). The smallest absolute Gasteiger partial charge is 0.173 e. The number of amidine groups is 1. The third-order valence-corrected chi connectivity index (χ3v) is 3.95. The molecule has 0 bridgehead atoms. The molecule has 0 aliphatic carbocycles. The highest BCUT2D eigenvalue weighted by atomic mass is 16.5. The van der Waals surface area contributed by atoms with E-state index in [2.05, 4.69) is 17.4 Å². The number of oxime groups is 1. The van der Waals surface area contributed by atoms with Gasteiger partial charge >= 0.3 is 0 Å². The van der Waals surface area contributed by atoms with E-state index in [1.165, 1.54) is 0 Å². The molecule has 2 unspecified atom stereocenters.